The third-order valence-electron chi connectivity index (χ3n) is 7.60. The van der Waals surface area contributed by atoms with Crippen LogP contribution in [0.2, 0.25) is 0 Å². The van der Waals surface area contributed by atoms with Crippen LogP contribution in [-0.2, 0) is 5.41 Å². The van der Waals surface area contributed by atoms with Crippen molar-refractivity contribution >= 4 is 0 Å². The standard InChI is InChI=1S/C23H34O2/c1-2-3-4-5-9-21(25)23-14-17-10-18(15-23)13-22(12-17,16-23)19-7-6-8-20(24)11-19/h6-8,11,17-18,21,24-25H,2-5,9-10,12-16H2,1H3. The Morgan fingerprint density at radius 2 is 1.84 bits per heavy atom. The van der Waals surface area contributed by atoms with Gasteiger partial charge in [0.25, 0.3) is 0 Å². The number of rotatable bonds is 7. The van der Waals surface area contributed by atoms with Gasteiger partial charge in [-0.05, 0) is 85.3 Å². The van der Waals surface area contributed by atoms with Crippen LogP contribution in [0.25, 0.3) is 0 Å². The third kappa shape index (κ3) is 3.12. The van der Waals surface area contributed by atoms with Crippen molar-refractivity contribution in [3.63, 3.8) is 0 Å². The largest absolute Gasteiger partial charge is 0.508 e. The minimum atomic E-state index is -0.132. The molecule has 0 saturated heterocycles. The van der Waals surface area contributed by atoms with E-state index in [0.717, 1.165) is 24.7 Å². The van der Waals surface area contributed by atoms with Crippen LogP contribution in [0.5, 0.6) is 5.75 Å². The predicted octanol–water partition coefficient (Wildman–Crippen LogP) is 5.56. The van der Waals surface area contributed by atoms with Crippen LogP contribution in [0, 0.1) is 17.3 Å². The smallest absolute Gasteiger partial charge is 0.115 e. The number of hydrogen-bond acceptors (Lipinski definition) is 2. The quantitative estimate of drug-likeness (QED) is 0.637. The summed E-state index contributed by atoms with van der Waals surface area (Å²) >= 11 is 0. The first kappa shape index (κ1) is 17.4. The zero-order valence-electron chi connectivity index (χ0n) is 15.7. The second kappa shape index (κ2) is 6.61. The summed E-state index contributed by atoms with van der Waals surface area (Å²) in [5.41, 5.74) is 1.67. The molecule has 4 fully saturated rings. The van der Waals surface area contributed by atoms with Crippen LogP contribution >= 0.6 is 0 Å². The van der Waals surface area contributed by atoms with Crippen LogP contribution in [0.3, 0.4) is 0 Å². The number of unbranched alkanes of at least 4 members (excludes halogenated alkanes) is 3. The minimum absolute atomic E-state index is 0.132. The van der Waals surface area contributed by atoms with Gasteiger partial charge in [0, 0.05) is 0 Å². The highest BCUT2D eigenvalue weighted by atomic mass is 16.3. The van der Waals surface area contributed by atoms with Crippen LogP contribution < -0.4 is 0 Å². The summed E-state index contributed by atoms with van der Waals surface area (Å²) in [6, 6.07) is 7.99. The lowest BCUT2D eigenvalue weighted by Gasteiger charge is -2.63. The Morgan fingerprint density at radius 3 is 2.52 bits per heavy atom. The predicted molar refractivity (Wildman–Crippen MR) is 102 cm³/mol. The first-order chi connectivity index (χ1) is 12.1. The average Bonchev–Trinajstić information content (AvgIpc) is 2.57. The normalized spacial score (nSPS) is 37.4. The monoisotopic (exact) mass is 342 g/mol. The van der Waals surface area contributed by atoms with Crippen molar-refractivity contribution in [2.24, 2.45) is 17.3 Å². The molecule has 0 aliphatic heterocycles. The lowest BCUT2D eigenvalue weighted by molar-refractivity contribution is -0.134. The first-order valence-corrected chi connectivity index (χ1v) is 10.5. The zero-order valence-corrected chi connectivity index (χ0v) is 15.7. The van der Waals surface area contributed by atoms with Gasteiger partial charge >= 0.3 is 0 Å². The molecule has 1 aromatic carbocycles. The Bertz CT molecular complexity index is 594. The fourth-order valence-corrected chi connectivity index (χ4v) is 6.97. The van der Waals surface area contributed by atoms with E-state index in [4.69, 9.17) is 0 Å². The molecule has 138 valence electrons. The lowest BCUT2D eigenvalue weighted by atomic mass is 9.41. The van der Waals surface area contributed by atoms with Gasteiger partial charge in [0.2, 0.25) is 0 Å². The van der Waals surface area contributed by atoms with E-state index in [2.05, 4.69) is 13.0 Å². The molecule has 25 heavy (non-hydrogen) atoms. The molecule has 0 amide bonds. The van der Waals surface area contributed by atoms with E-state index < -0.39 is 0 Å². The van der Waals surface area contributed by atoms with E-state index >= 15 is 0 Å². The molecular formula is C23H34O2. The number of phenols is 1. The number of hydrogen-bond donors (Lipinski definition) is 2. The fourth-order valence-electron chi connectivity index (χ4n) is 6.97. The number of aliphatic hydroxyl groups is 1. The summed E-state index contributed by atoms with van der Waals surface area (Å²) in [7, 11) is 0. The molecular weight excluding hydrogens is 308 g/mol. The van der Waals surface area contributed by atoms with Crippen molar-refractivity contribution in [1.82, 2.24) is 0 Å². The average molecular weight is 343 g/mol. The van der Waals surface area contributed by atoms with Crippen molar-refractivity contribution in [1.29, 1.82) is 0 Å². The Morgan fingerprint density at radius 1 is 1.08 bits per heavy atom. The molecule has 4 saturated carbocycles. The fraction of sp³-hybridized carbons (Fsp3) is 0.739. The summed E-state index contributed by atoms with van der Waals surface area (Å²) in [5, 5.41) is 21.2. The third-order valence-corrected chi connectivity index (χ3v) is 7.60. The maximum Gasteiger partial charge on any atom is 0.115 e. The van der Waals surface area contributed by atoms with Gasteiger partial charge in [-0.25, -0.2) is 0 Å². The van der Waals surface area contributed by atoms with Gasteiger partial charge in [-0.1, -0.05) is 44.7 Å². The minimum Gasteiger partial charge on any atom is -0.508 e. The van der Waals surface area contributed by atoms with Crippen molar-refractivity contribution in [2.75, 3.05) is 0 Å². The molecule has 3 atom stereocenters. The SMILES string of the molecule is CCCCCCC(O)C12CC3CC(CC(c4cccc(O)c4)(C3)C1)C2. The molecule has 0 spiro atoms. The highest BCUT2D eigenvalue weighted by Gasteiger charge is 2.60. The molecule has 4 aliphatic rings. The van der Waals surface area contributed by atoms with Gasteiger partial charge in [0.05, 0.1) is 6.10 Å². The maximum atomic E-state index is 11.2. The van der Waals surface area contributed by atoms with Gasteiger partial charge in [0.15, 0.2) is 0 Å². The van der Waals surface area contributed by atoms with Crippen LogP contribution in [0.15, 0.2) is 24.3 Å². The van der Waals surface area contributed by atoms with Crippen molar-refractivity contribution in [3.05, 3.63) is 29.8 Å². The molecule has 0 heterocycles. The highest BCUT2D eigenvalue weighted by Crippen LogP contribution is 2.67. The van der Waals surface area contributed by atoms with E-state index in [1.54, 1.807) is 6.07 Å². The maximum absolute atomic E-state index is 11.2. The molecule has 3 unspecified atom stereocenters. The highest BCUT2D eigenvalue weighted by molar-refractivity contribution is 5.36. The van der Waals surface area contributed by atoms with Gasteiger partial charge < -0.3 is 10.2 Å². The Labute approximate surface area is 152 Å². The van der Waals surface area contributed by atoms with E-state index in [0.29, 0.717) is 5.75 Å². The van der Waals surface area contributed by atoms with Crippen LogP contribution in [-0.4, -0.2) is 16.3 Å². The number of aromatic hydroxyl groups is 1. The molecule has 0 radical (unpaired) electrons. The summed E-state index contributed by atoms with van der Waals surface area (Å²) in [6.07, 6.45) is 13.3. The first-order valence-electron chi connectivity index (χ1n) is 10.5. The Hall–Kier alpha value is -1.02. The summed E-state index contributed by atoms with van der Waals surface area (Å²) in [5.74, 6) is 1.94. The number of aliphatic hydroxyl groups excluding tert-OH is 1. The van der Waals surface area contributed by atoms with Crippen LogP contribution in [0.1, 0.15) is 83.1 Å². The zero-order chi connectivity index (χ0) is 17.5. The van der Waals surface area contributed by atoms with E-state index in [1.165, 1.54) is 63.4 Å². The molecule has 4 bridgehead atoms. The summed E-state index contributed by atoms with van der Waals surface area (Å²) in [6.45, 7) is 2.24. The number of benzene rings is 1. The molecule has 2 nitrogen and oxygen atoms in total. The van der Waals surface area contributed by atoms with E-state index in [-0.39, 0.29) is 16.9 Å². The molecule has 2 heteroatoms. The van der Waals surface area contributed by atoms with E-state index in [1.807, 2.05) is 12.1 Å². The Kier molecular flexibility index (Phi) is 4.60. The molecule has 0 aromatic heterocycles. The second-order valence-electron chi connectivity index (χ2n) is 9.52. The van der Waals surface area contributed by atoms with Crippen molar-refractivity contribution < 1.29 is 10.2 Å². The van der Waals surface area contributed by atoms with Crippen LogP contribution in [0.4, 0.5) is 0 Å². The molecule has 4 aliphatic carbocycles. The van der Waals surface area contributed by atoms with Gasteiger partial charge in [-0.15, -0.1) is 0 Å². The second-order valence-corrected chi connectivity index (χ2v) is 9.52. The van der Waals surface area contributed by atoms with Gasteiger partial charge in [0.1, 0.15) is 5.75 Å². The topological polar surface area (TPSA) is 40.5 Å². The molecule has 1 aromatic rings. The summed E-state index contributed by atoms with van der Waals surface area (Å²) in [4.78, 5) is 0. The number of phenolic OH excluding ortho intramolecular Hbond substituents is 1. The van der Waals surface area contributed by atoms with E-state index in [9.17, 15) is 10.2 Å². The van der Waals surface area contributed by atoms with Gasteiger partial charge in [-0.3, -0.25) is 0 Å². The summed E-state index contributed by atoms with van der Waals surface area (Å²) < 4.78 is 0. The molecule has 2 N–H and O–H groups in total. The van der Waals surface area contributed by atoms with Gasteiger partial charge in [-0.2, -0.15) is 0 Å². The molecule has 5 rings (SSSR count). The Balaban J connectivity index is 1.56. The van der Waals surface area contributed by atoms with Crippen molar-refractivity contribution in [3.8, 4) is 5.75 Å². The lowest BCUT2D eigenvalue weighted by Crippen LogP contribution is -2.57. The van der Waals surface area contributed by atoms with Crippen molar-refractivity contribution in [2.45, 2.75) is 89.1 Å².